The van der Waals surface area contributed by atoms with Gasteiger partial charge in [0.2, 0.25) is 10.0 Å². The van der Waals surface area contributed by atoms with Crippen molar-refractivity contribution in [3.05, 3.63) is 59.7 Å². The Balaban J connectivity index is 2.12. The predicted octanol–water partition coefficient (Wildman–Crippen LogP) is 2.84. The highest BCUT2D eigenvalue weighted by Gasteiger charge is 2.15. The SMILES string of the molecule is CCOc1ccc(S(=O)(=O)NCc2cc(F)ccc2F)cc1. The molecule has 2 rings (SSSR count). The zero-order valence-corrected chi connectivity index (χ0v) is 12.7. The van der Waals surface area contributed by atoms with Crippen molar-refractivity contribution < 1.29 is 21.9 Å². The lowest BCUT2D eigenvalue weighted by atomic mass is 10.2. The van der Waals surface area contributed by atoms with Crippen molar-refractivity contribution in [3.8, 4) is 5.75 Å². The quantitative estimate of drug-likeness (QED) is 0.887. The van der Waals surface area contributed by atoms with Gasteiger partial charge in [0.1, 0.15) is 17.4 Å². The van der Waals surface area contributed by atoms with E-state index in [0.29, 0.717) is 12.4 Å². The van der Waals surface area contributed by atoms with Gasteiger partial charge in [-0.05, 0) is 49.4 Å². The summed E-state index contributed by atoms with van der Waals surface area (Å²) < 4.78 is 58.2. The van der Waals surface area contributed by atoms with Crippen LogP contribution in [0.4, 0.5) is 8.78 Å². The monoisotopic (exact) mass is 327 g/mol. The average molecular weight is 327 g/mol. The molecule has 0 aromatic heterocycles. The molecule has 2 aromatic rings. The highest BCUT2D eigenvalue weighted by atomic mass is 32.2. The van der Waals surface area contributed by atoms with Crippen LogP contribution in [0.5, 0.6) is 5.75 Å². The topological polar surface area (TPSA) is 55.4 Å². The maximum atomic E-state index is 13.5. The van der Waals surface area contributed by atoms with E-state index in [1.807, 2.05) is 6.92 Å². The van der Waals surface area contributed by atoms with Gasteiger partial charge in [0.25, 0.3) is 0 Å². The molecule has 0 spiro atoms. The molecule has 0 aliphatic rings. The van der Waals surface area contributed by atoms with E-state index in [1.54, 1.807) is 0 Å². The first-order valence-corrected chi connectivity index (χ1v) is 8.07. The van der Waals surface area contributed by atoms with Crippen LogP contribution in [0.2, 0.25) is 0 Å². The van der Waals surface area contributed by atoms with Crippen molar-refractivity contribution >= 4 is 10.0 Å². The number of ether oxygens (including phenoxy) is 1. The molecule has 0 aliphatic carbocycles. The maximum Gasteiger partial charge on any atom is 0.240 e. The van der Waals surface area contributed by atoms with Gasteiger partial charge in [0.15, 0.2) is 0 Å². The Kier molecular flexibility index (Phi) is 5.10. The average Bonchev–Trinajstić information content (AvgIpc) is 2.49. The number of rotatable bonds is 6. The van der Waals surface area contributed by atoms with Gasteiger partial charge in [-0.3, -0.25) is 0 Å². The number of halogens is 2. The molecule has 2 aromatic carbocycles. The second-order valence-electron chi connectivity index (χ2n) is 4.46. The molecule has 0 radical (unpaired) electrons. The van der Waals surface area contributed by atoms with Crippen molar-refractivity contribution in [2.75, 3.05) is 6.61 Å². The van der Waals surface area contributed by atoms with E-state index >= 15 is 0 Å². The lowest BCUT2D eigenvalue weighted by Crippen LogP contribution is -2.23. The second-order valence-corrected chi connectivity index (χ2v) is 6.23. The zero-order chi connectivity index (χ0) is 16.2. The van der Waals surface area contributed by atoms with Gasteiger partial charge < -0.3 is 4.74 Å². The fourth-order valence-corrected chi connectivity index (χ4v) is 2.82. The summed E-state index contributed by atoms with van der Waals surface area (Å²) in [5, 5.41) is 0. The van der Waals surface area contributed by atoms with Gasteiger partial charge in [0.05, 0.1) is 11.5 Å². The van der Waals surface area contributed by atoms with Crippen LogP contribution in [0.1, 0.15) is 12.5 Å². The van der Waals surface area contributed by atoms with Crippen LogP contribution < -0.4 is 9.46 Å². The fourth-order valence-electron chi connectivity index (χ4n) is 1.82. The summed E-state index contributed by atoms with van der Waals surface area (Å²) in [7, 11) is -3.81. The highest BCUT2D eigenvalue weighted by Crippen LogP contribution is 2.17. The zero-order valence-electron chi connectivity index (χ0n) is 11.8. The summed E-state index contributed by atoms with van der Waals surface area (Å²) in [6.07, 6.45) is 0. The molecule has 0 atom stereocenters. The fraction of sp³-hybridized carbons (Fsp3) is 0.200. The molecule has 0 saturated heterocycles. The van der Waals surface area contributed by atoms with Gasteiger partial charge in [-0.15, -0.1) is 0 Å². The van der Waals surface area contributed by atoms with Crippen molar-refractivity contribution in [1.29, 1.82) is 0 Å². The third kappa shape index (κ3) is 4.02. The van der Waals surface area contributed by atoms with E-state index < -0.39 is 21.7 Å². The molecule has 4 nitrogen and oxygen atoms in total. The van der Waals surface area contributed by atoms with Crippen LogP contribution in [0.15, 0.2) is 47.4 Å². The Bertz CT molecular complexity index is 746. The summed E-state index contributed by atoms with van der Waals surface area (Å²) in [6, 6.07) is 8.71. The predicted molar refractivity (Wildman–Crippen MR) is 78.0 cm³/mol. The molecule has 0 unspecified atom stereocenters. The van der Waals surface area contributed by atoms with Gasteiger partial charge in [-0.1, -0.05) is 0 Å². The van der Waals surface area contributed by atoms with Gasteiger partial charge in [0, 0.05) is 12.1 Å². The summed E-state index contributed by atoms with van der Waals surface area (Å²) in [5.41, 5.74) is -0.0606. The van der Waals surface area contributed by atoms with Crippen molar-refractivity contribution in [2.45, 2.75) is 18.4 Å². The van der Waals surface area contributed by atoms with Crippen LogP contribution >= 0.6 is 0 Å². The largest absolute Gasteiger partial charge is 0.494 e. The van der Waals surface area contributed by atoms with Crippen LogP contribution in [0, 0.1) is 11.6 Å². The Morgan fingerprint density at radius 1 is 1.09 bits per heavy atom. The molecule has 22 heavy (non-hydrogen) atoms. The van der Waals surface area contributed by atoms with Crippen molar-refractivity contribution in [2.24, 2.45) is 0 Å². The maximum absolute atomic E-state index is 13.5. The molecular formula is C15H15F2NO3S. The minimum absolute atomic E-state index is 0.0211. The molecular weight excluding hydrogens is 312 g/mol. The Morgan fingerprint density at radius 3 is 2.41 bits per heavy atom. The summed E-state index contributed by atoms with van der Waals surface area (Å²) in [5.74, 6) is -0.745. The van der Waals surface area contributed by atoms with E-state index in [-0.39, 0.29) is 17.0 Å². The summed E-state index contributed by atoms with van der Waals surface area (Å²) in [4.78, 5) is 0.0211. The molecule has 0 bridgehead atoms. The third-order valence-electron chi connectivity index (χ3n) is 2.91. The van der Waals surface area contributed by atoms with Gasteiger partial charge in [-0.25, -0.2) is 21.9 Å². The Hall–Kier alpha value is -1.99. The lowest BCUT2D eigenvalue weighted by Gasteiger charge is -2.09. The Labute approximate surface area is 127 Å². The minimum Gasteiger partial charge on any atom is -0.494 e. The molecule has 0 aliphatic heterocycles. The number of hydrogen-bond acceptors (Lipinski definition) is 3. The van der Waals surface area contributed by atoms with Crippen molar-refractivity contribution in [1.82, 2.24) is 4.72 Å². The molecule has 0 heterocycles. The molecule has 7 heteroatoms. The molecule has 0 fully saturated rings. The molecule has 0 saturated carbocycles. The molecule has 1 N–H and O–H groups in total. The number of benzene rings is 2. The first-order valence-electron chi connectivity index (χ1n) is 6.59. The van der Waals surface area contributed by atoms with E-state index in [0.717, 1.165) is 18.2 Å². The second kappa shape index (κ2) is 6.85. The summed E-state index contributed by atoms with van der Waals surface area (Å²) in [6.45, 7) is 1.96. The van der Waals surface area contributed by atoms with Crippen LogP contribution in [-0.2, 0) is 16.6 Å². The molecule has 118 valence electrons. The third-order valence-corrected chi connectivity index (χ3v) is 4.32. The van der Waals surface area contributed by atoms with Crippen molar-refractivity contribution in [3.63, 3.8) is 0 Å². The number of hydrogen-bond donors (Lipinski definition) is 1. The van der Waals surface area contributed by atoms with E-state index in [2.05, 4.69) is 4.72 Å². The summed E-state index contributed by atoms with van der Waals surface area (Å²) >= 11 is 0. The minimum atomic E-state index is -3.81. The Morgan fingerprint density at radius 2 is 1.77 bits per heavy atom. The number of nitrogens with one attached hydrogen (secondary N) is 1. The van der Waals surface area contributed by atoms with Crippen LogP contribution in [0.3, 0.4) is 0 Å². The standard InChI is InChI=1S/C15H15F2NO3S/c1-2-21-13-4-6-14(7-5-13)22(19,20)18-10-11-9-12(16)3-8-15(11)17/h3-9,18H,2,10H2,1H3. The smallest absolute Gasteiger partial charge is 0.240 e. The first kappa shape index (κ1) is 16.4. The molecule has 0 amide bonds. The first-order chi connectivity index (χ1) is 10.4. The van der Waals surface area contributed by atoms with Crippen LogP contribution in [-0.4, -0.2) is 15.0 Å². The van der Waals surface area contributed by atoms with Crippen LogP contribution in [0.25, 0.3) is 0 Å². The van der Waals surface area contributed by atoms with E-state index in [4.69, 9.17) is 4.74 Å². The lowest BCUT2D eigenvalue weighted by molar-refractivity contribution is 0.340. The van der Waals surface area contributed by atoms with E-state index in [1.165, 1.54) is 24.3 Å². The van der Waals surface area contributed by atoms with Gasteiger partial charge in [-0.2, -0.15) is 0 Å². The van der Waals surface area contributed by atoms with E-state index in [9.17, 15) is 17.2 Å². The van der Waals surface area contributed by atoms with Gasteiger partial charge >= 0.3 is 0 Å². The number of sulfonamides is 1. The normalized spacial score (nSPS) is 11.4. The highest BCUT2D eigenvalue weighted by molar-refractivity contribution is 7.89.